The van der Waals surface area contributed by atoms with Crippen LogP contribution >= 0.6 is 11.8 Å². The second-order valence-corrected chi connectivity index (χ2v) is 8.01. The third-order valence-corrected chi connectivity index (χ3v) is 5.27. The van der Waals surface area contributed by atoms with Crippen molar-refractivity contribution < 1.29 is 4.79 Å². The van der Waals surface area contributed by atoms with Gasteiger partial charge in [-0.3, -0.25) is 9.79 Å². The molecule has 1 aliphatic heterocycles. The Kier molecular flexibility index (Phi) is 5.03. The van der Waals surface area contributed by atoms with Crippen LogP contribution in [0.1, 0.15) is 31.2 Å². The van der Waals surface area contributed by atoms with E-state index in [1.165, 1.54) is 17.3 Å². The standard InChI is InChI=1S/C20H21N5OS/c1-12-9-18(21-11-12)24-19-22-13(2)23-20(25-19)27-16-7-3-14(4-8-16)10-17(26)15-5-6-15/h3-4,7-9,15H,5-6,10-11H2,1-2H3,(H,21,22,23,24,25). The van der Waals surface area contributed by atoms with E-state index in [0.29, 0.717) is 41.6 Å². The smallest absolute Gasteiger partial charge is 0.232 e. The molecule has 1 fully saturated rings. The lowest BCUT2D eigenvalue weighted by atomic mass is 10.1. The number of hydrogen-bond donors (Lipinski definition) is 1. The number of aliphatic imine (C=N–C) groups is 1. The van der Waals surface area contributed by atoms with E-state index in [1.807, 2.05) is 44.2 Å². The minimum absolute atomic E-state index is 0.307. The molecule has 1 N–H and O–H groups in total. The van der Waals surface area contributed by atoms with E-state index < -0.39 is 0 Å². The molecule has 0 saturated heterocycles. The lowest BCUT2D eigenvalue weighted by Gasteiger charge is -2.07. The van der Waals surface area contributed by atoms with Crippen molar-refractivity contribution in [1.29, 1.82) is 0 Å². The molecule has 1 aromatic carbocycles. The number of rotatable bonds is 6. The first-order chi connectivity index (χ1) is 13.0. The molecule has 6 nitrogen and oxygen atoms in total. The number of ketones is 1. The van der Waals surface area contributed by atoms with Gasteiger partial charge in [-0.1, -0.05) is 12.1 Å². The number of nitrogens with one attached hydrogen (secondary N) is 1. The second-order valence-electron chi connectivity index (χ2n) is 6.97. The van der Waals surface area contributed by atoms with Crippen molar-refractivity contribution in [1.82, 2.24) is 15.0 Å². The van der Waals surface area contributed by atoms with Gasteiger partial charge in [-0.15, -0.1) is 0 Å². The van der Waals surface area contributed by atoms with Crippen LogP contribution in [0.4, 0.5) is 5.95 Å². The number of nitrogens with zero attached hydrogens (tertiary/aromatic N) is 4. The molecule has 0 unspecified atom stereocenters. The average molecular weight is 379 g/mol. The molecule has 0 amide bonds. The summed E-state index contributed by atoms with van der Waals surface area (Å²) >= 11 is 1.48. The van der Waals surface area contributed by atoms with Crippen LogP contribution in [-0.4, -0.2) is 33.1 Å². The maximum Gasteiger partial charge on any atom is 0.232 e. The molecule has 27 heavy (non-hydrogen) atoms. The summed E-state index contributed by atoms with van der Waals surface area (Å²) in [6.07, 6.45) is 4.64. The number of anilines is 1. The summed E-state index contributed by atoms with van der Waals surface area (Å²) < 4.78 is 0. The largest absolute Gasteiger partial charge is 0.309 e. The van der Waals surface area contributed by atoms with Gasteiger partial charge < -0.3 is 5.32 Å². The van der Waals surface area contributed by atoms with Crippen LogP contribution in [0.25, 0.3) is 0 Å². The predicted molar refractivity (Wildman–Crippen MR) is 106 cm³/mol. The Bertz CT molecular complexity index is 932. The van der Waals surface area contributed by atoms with Gasteiger partial charge >= 0.3 is 0 Å². The van der Waals surface area contributed by atoms with Crippen molar-refractivity contribution in [2.24, 2.45) is 10.9 Å². The van der Waals surface area contributed by atoms with E-state index in [-0.39, 0.29) is 0 Å². The lowest BCUT2D eigenvalue weighted by molar-refractivity contribution is -0.119. The van der Waals surface area contributed by atoms with Crippen molar-refractivity contribution in [3.05, 3.63) is 47.3 Å². The maximum absolute atomic E-state index is 11.9. The molecule has 2 heterocycles. The minimum Gasteiger partial charge on any atom is -0.309 e. The zero-order valence-electron chi connectivity index (χ0n) is 15.4. The Balaban J connectivity index is 1.43. The Labute approximate surface area is 162 Å². The first kappa shape index (κ1) is 17.9. The molecule has 2 aromatic rings. The molecular weight excluding hydrogens is 358 g/mol. The number of amidine groups is 1. The van der Waals surface area contributed by atoms with Gasteiger partial charge in [0.2, 0.25) is 5.95 Å². The molecule has 0 atom stereocenters. The molecular formula is C20H21N5OS. The summed E-state index contributed by atoms with van der Waals surface area (Å²) in [6, 6.07) is 8.05. The number of hydrogen-bond acceptors (Lipinski definition) is 7. The van der Waals surface area contributed by atoms with Crippen LogP contribution in [0, 0.1) is 12.8 Å². The molecule has 1 aromatic heterocycles. The third-order valence-electron chi connectivity index (χ3n) is 4.39. The van der Waals surface area contributed by atoms with Crippen LogP contribution in [0.5, 0.6) is 0 Å². The van der Waals surface area contributed by atoms with E-state index in [0.717, 1.165) is 29.1 Å². The minimum atomic E-state index is 0.307. The number of aromatic nitrogens is 3. The van der Waals surface area contributed by atoms with Gasteiger partial charge in [0.25, 0.3) is 0 Å². The normalized spacial score (nSPS) is 16.1. The summed E-state index contributed by atoms with van der Waals surface area (Å²) in [6.45, 7) is 4.60. The van der Waals surface area contributed by atoms with E-state index >= 15 is 0 Å². The van der Waals surface area contributed by atoms with E-state index in [9.17, 15) is 4.79 Å². The van der Waals surface area contributed by atoms with Crippen molar-refractivity contribution in [2.45, 2.75) is 43.2 Å². The maximum atomic E-state index is 11.9. The van der Waals surface area contributed by atoms with Crippen molar-refractivity contribution in [3.8, 4) is 0 Å². The summed E-state index contributed by atoms with van der Waals surface area (Å²) in [5.74, 6) is 2.60. The Hall–Kier alpha value is -2.54. The van der Waals surface area contributed by atoms with Crippen molar-refractivity contribution >= 4 is 29.3 Å². The first-order valence-electron chi connectivity index (χ1n) is 9.06. The van der Waals surface area contributed by atoms with Gasteiger partial charge in [0, 0.05) is 17.2 Å². The van der Waals surface area contributed by atoms with E-state index in [2.05, 4.69) is 25.3 Å². The fourth-order valence-electron chi connectivity index (χ4n) is 2.82. The summed E-state index contributed by atoms with van der Waals surface area (Å²) in [5.41, 5.74) is 2.27. The van der Waals surface area contributed by atoms with Crippen LogP contribution in [0.3, 0.4) is 0 Å². The molecule has 1 aliphatic carbocycles. The highest BCUT2D eigenvalue weighted by Crippen LogP contribution is 2.31. The average Bonchev–Trinajstić information content (AvgIpc) is 3.40. The molecule has 138 valence electrons. The summed E-state index contributed by atoms with van der Waals surface area (Å²) in [7, 11) is 0. The quantitative estimate of drug-likeness (QED) is 0.826. The topological polar surface area (TPSA) is 80.1 Å². The highest BCUT2D eigenvalue weighted by molar-refractivity contribution is 7.99. The Morgan fingerprint density at radius 2 is 1.93 bits per heavy atom. The van der Waals surface area contributed by atoms with Crippen LogP contribution in [0.2, 0.25) is 0 Å². The number of carbonyl (C=O) groups excluding carboxylic acids is 1. The zero-order valence-corrected chi connectivity index (χ0v) is 16.2. The monoisotopic (exact) mass is 379 g/mol. The number of Topliss-reactive ketones (excluding diaryl/α,β-unsaturated/α-hetero) is 1. The van der Waals surface area contributed by atoms with Crippen molar-refractivity contribution in [3.63, 3.8) is 0 Å². The predicted octanol–water partition coefficient (Wildman–Crippen LogP) is 3.62. The first-order valence-corrected chi connectivity index (χ1v) is 9.87. The molecule has 7 heteroatoms. The fourth-order valence-corrected chi connectivity index (χ4v) is 3.61. The SMILES string of the molecule is CC1=CC(Nc2nc(C)nc(Sc3ccc(CC(=O)C4CC4)cc3)n2)=NC1. The number of benzene rings is 1. The lowest BCUT2D eigenvalue weighted by Crippen LogP contribution is -2.12. The highest BCUT2D eigenvalue weighted by atomic mass is 32.2. The van der Waals surface area contributed by atoms with Gasteiger partial charge in [0.05, 0.1) is 6.54 Å². The van der Waals surface area contributed by atoms with Gasteiger partial charge in [-0.25, -0.2) is 4.98 Å². The molecule has 1 saturated carbocycles. The molecule has 2 aliphatic rings. The van der Waals surface area contributed by atoms with Gasteiger partial charge in [0.15, 0.2) is 5.16 Å². The van der Waals surface area contributed by atoms with E-state index in [4.69, 9.17) is 0 Å². The van der Waals surface area contributed by atoms with Crippen LogP contribution in [-0.2, 0) is 11.2 Å². The van der Waals surface area contributed by atoms with Crippen molar-refractivity contribution in [2.75, 3.05) is 11.9 Å². The molecule has 0 radical (unpaired) electrons. The highest BCUT2D eigenvalue weighted by Gasteiger charge is 2.28. The zero-order chi connectivity index (χ0) is 18.8. The number of carbonyl (C=O) groups is 1. The fraction of sp³-hybridized carbons (Fsp3) is 0.350. The number of aryl methyl sites for hydroxylation is 1. The van der Waals surface area contributed by atoms with Gasteiger partial charge in [-0.2, -0.15) is 9.97 Å². The van der Waals surface area contributed by atoms with Gasteiger partial charge in [-0.05, 0) is 67.8 Å². The Morgan fingerprint density at radius 3 is 2.59 bits per heavy atom. The second kappa shape index (κ2) is 7.60. The van der Waals surface area contributed by atoms with E-state index in [1.54, 1.807) is 0 Å². The van der Waals surface area contributed by atoms with Crippen LogP contribution in [0.15, 0.2) is 51.0 Å². The summed E-state index contributed by atoms with van der Waals surface area (Å²) in [4.78, 5) is 30.6. The summed E-state index contributed by atoms with van der Waals surface area (Å²) in [5, 5.41) is 3.78. The molecule has 0 spiro atoms. The third kappa shape index (κ3) is 4.80. The Morgan fingerprint density at radius 1 is 1.15 bits per heavy atom. The van der Waals surface area contributed by atoms with Gasteiger partial charge in [0.1, 0.15) is 17.4 Å². The molecule has 0 bridgehead atoms. The van der Waals surface area contributed by atoms with Crippen LogP contribution < -0.4 is 5.32 Å². The molecule has 4 rings (SSSR count).